The fourth-order valence-electron chi connectivity index (χ4n) is 2.68. The summed E-state index contributed by atoms with van der Waals surface area (Å²) in [7, 11) is 0. The molecule has 0 aliphatic carbocycles. The first-order chi connectivity index (χ1) is 8.99. The van der Waals surface area contributed by atoms with Gasteiger partial charge < -0.3 is 4.90 Å². The third-order valence-corrected chi connectivity index (χ3v) is 4.54. The SMILES string of the molecule is Cc1nc(C(C)NC(C)C(=O)N2CCCC2)c(C)s1. The zero-order valence-electron chi connectivity index (χ0n) is 12.2. The van der Waals surface area contributed by atoms with Gasteiger partial charge in [0.2, 0.25) is 5.91 Å². The van der Waals surface area contributed by atoms with Gasteiger partial charge in [0.25, 0.3) is 0 Å². The second-order valence-electron chi connectivity index (χ2n) is 5.32. The van der Waals surface area contributed by atoms with Crippen LogP contribution in [0.15, 0.2) is 0 Å². The molecule has 1 aliphatic heterocycles. The van der Waals surface area contributed by atoms with Gasteiger partial charge in [0, 0.05) is 24.0 Å². The highest BCUT2D eigenvalue weighted by Gasteiger charge is 2.25. The molecule has 1 fully saturated rings. The average molecular weight is 281 g/mol. The second kappa shape index (κ2) is 6.01. The molecule has 19 heavy (non-hydrogen) atoms. The number of hydrogen-bond donors (Lipinski definition) is 1. The molecule has 0 aromatic carbocycles. The van der Waals surface area contributed by atoms with Crippen LogP contribution in [0.2, 0.25) is 0 Å². The van der Waals surface area contributed by atoms with E-state index in [-0.39, 0.29) is 18.0 Å². The van der Waals surface area contributed by atoms with E-state index in [0.29, 0.717) is 0 Å². The van der Waals surface area contributed by atoms with Crippen LogP contribution in [0.1, 0.15) is 48.3 Å². The van der Waals surface area contributed by atoms with E-state index < -0.39 is 0 Å². The van der Waals surface area contributed by atoms with Gasteiger partial charge in [-0.15, -0.1) is 11.3 Å². The molecule has 1 amide bonds. The Hall–Kier alpha value is -0.940. The Kier molecular flexibility index (Phi) is 4.58. The molecule has 0 saturated carbocycles. The number of thiazole rings is 1. The Morgan fingerprint density at radius 1 is 1.32 bits per heavy atom. The number of aryl methyl sites for hydroxylation is 2. The van der Waals surface area contributed by atoms with Crippen LogP contribution < -0.4 is 5.32 Å². The molecule has 0 spiro atoms. The van der Waals surface area contributed by atoms with E-state index in [1.807, 2.05) is 18.7 Å². The molecule has 1 aromatic heterocycles. The van der Waals surface area contributed by atoms with E-state index in [0.717, 1.165) is 36.6 Å². The zero-order chi connectivity index (χ0) is 14.0. The van der Waals surface area contributed by atoms with Gasteiger partial charge in [-0.2, -0.15) is 0 Å². The molecule has 4 nitrogen and oxygen atoms in total. The molecule has 1 aromatic rings. The molecule has 2 rings (SSSR count). The van der Waals surface area contributed by atoms with Crippen molar-refractivity contribution in [3.8, 4) is 0 Å². The number of likely N-dealkylation sites (tertiary alicyclic amines) is 1. The predicted molar refractivity (Wildman–Crippen MR) is 78.4 cm³/mol. The number of aromatic nitrogens is 1. The summed E-state index contributed by atoms with van der Waals surface area (Å²) in [5, 5.41) is 4.46. The van der Waals surface area contributed by atoms with Crippen LogP contribution in [-0.4, -0.2) is 34.9 Å². The highest BCUT2D eigenvalue weighted by molar-refractivity contribution is 7.11. The van der Waals surface area contributed by atoms with Gasteiger partial charge in [0.15, 0.2) is 0 Å². The molecule has 2 atom stereocenters. The molecule has 1 saturated heterocycles. The summed E-state index contributed by atoms with van der Waals surface area (Å²) >= 11 is 1.71. The minimum Gasteiger partial charge on any atom is -0.341 e. The van der Waals surface area contributed by atoms with Crippen molar-refractivity contribution in [3.05, 3.63) is 15.6 Å². The predicted octanol–water partition coefficient (Wildman–Crippen LogP) is 2.42. The van der Waals surface area contributed by atoms with E-state index in [9.17, 15) is 4.79 Å². The molecular weight excluding hydrogens is 258 g/mol. The van der Waals surface area contributed by atoms with Crippen molar-refractivity contribution < 1.29 is 4.79 Å². The van der Waals surface area contributed by atoms with E-state index in [1.54, 1.807) is 11.3 Å². The third-order valence-electron chi connectivity index (χ3n) is 3.64. The van der Waals surface area contributed by atoms with E-state index >= 15 is 0 Å². The lowest BCUT2D eigenvalue weighted by Gasteiger charge is -2.23. The van der Waals surface area contributed by atoms with Crippen molar-refractivity contribution in [2.45, 2.75) is 52.6 Å². The summed E-state index contributed by atoms with van der Waals surface area (Å²) in [5.41, 5.74) is 1.07. The fraction of sp³-hybridized carbons (Fsp3) is 0.714. The Balaban J connectivity index is 1.96. The Morgan fingerprint density at radius 2 is 1.95 bits per heavy atom. The Morgan fingerprint density at radius 3 is 2.47 bits per heavy atom. The van der Waals surface area contributed by atoms with Crippen molar-refractivity contribution in [2.75, 3.05) is 13.1 Å². The first-order valence-electron chi connectivity index (χ1n) is 6.98. The van der Waals surface area contributed by atoms with Gasteiger partial charge >= 0.3 is 0 Å². The van der Waals surface area contributed by atoms with Crippen LogP contribution in [0.3, 0.4) is 0 Å². The summed E-state index contributed by atoms with van der Waals surface area (Å²) in [4.78, 5) is 20.0. The van der Waals surface area contributed by atoms with Gasteiger partial charge in [-0.1, -0.05) is 0 Å². The first-order valence-corrected chi connectivity index (χ1v) is 7.79. The fourth-order valence-corrected chi connectivity index (χ4v) is 3.60. The maximum atomic E-state index is 12.2. The number of amides is 1. The van der Waals surface area contributed by atoms with Crippen LogP contribution in [0.25, 0.3) is 0 Å². The summed E-state index contributed by atoms with van der Waals surface area (Å²) in [6, 6.07) is -0.0268. The number of hydrogen-bond acceptors (Lipinski definition) is 4. The summed E-state index contributed by atoms with van der Waals surface area (Å²) in [6.07, 6.45) is 2.27. The van der Waals surface area contributed by atoms with E-state index in [1.165, 1.54) is 4.88 Å². The maximum absolute atomic E-state index is 12.2. The monoisotopic (exact) mass is 281 g/mol. The topological polar surface area (TPSA) is 45.2 Å². The third kappa shape index (κ3) is 3.34. The zero-order valence-corrected chi connectivity index (χ0v) is 13.0. The molecule has 0 radical (unpaired) electrons. The van der Waals surface area contributed by atoms with Crippen LogP contribution in [0.5, 0.6) is 0 Å². The van der Waals surface area contributed by atoms with Crippen molar-refractivity contribution in [3.63, 3.8) is 0 Å². The van der Waals surface area contributed by atoms with Crippen molar-refractivity contribution >= 4 is 17.2 Å². The molecule has 2 unspecified atom stereocenters. The summed E-state index contributed by atoms with van der Waals surface area (Å²) < 4.78 is 0. The Bertz CT molecular complexity index is 452. The number of carbonyl (C=O) groups is 1. The van der Waals surface area contributed by atoms with Gasteiger partial charge in [-0.05, 0) is 40.5 Å². The standard InChI is InChI=1S/C14H23N3OS/c1-9(13-11(3)19-12(4)16-13)15-10(2)14(18)17-7-5-6-8-17/h9-10,15H,5-8H2,1-4H3. The van der Waals surface area contributed by atoms with Gasteiger partial charge in [0.1, 0.15) is 0 Å². The van der Waals surface area contributed by atoms with Crippen LogP contribution in [-0.2, 0) is 4.79 Å². The number of nitrogens with one attached hydrogen (secondary N) is 1. The summed E-state index contributed by atoms with van der Waals surface area (Å²) in [6.45, 7) is 9.96. The maximum Gasteiger partial charge on any atom is 0.239 e. The second-order valence-corrected chi connectivity index (χ2v) is 6.72. The average Bonchev–Trinajstić information content (AvgIpc) is 2.97. The molecule has 0 bridgehead atoms. The van der Waals surface area contributed by atoms with Crippen LogP contribution in [0, 0.1) is 13.8 Å². The normalized spacial score (nSPS) is 18.6. The first kappa shape index (κ1) is 14.5. The number of carbonyl (C=O) groups excluding carboxylic acids is 1. The van der Waals surface area contributed by atoms with Crippen molar-refractivity contribution in [2.24, 2.45) is 0 Å². The molecule has 1 aliphatic rings. The van der Waals surface area contributed by atoms with E-state index in [4.69, 9.17) is 0 Å². The molecule has 1 N–H and O–H groups in total. The minimum atomic E-state index is -0.144. The quantitative estimate of drug-likeness (QED) is 0.922. The highest BCUT2D eigenvalue weighted by Crippen LogP contribution is 2.23. The van der Waals surface area contributed by atoms with Crippen LogP contribution >= 0.6 is 11.3 Å². The number of rotatable bonds is 4. The largest absolute Gasteiger partial charge is 0.341 e. The van der Waals surface area contributed by atoms with Crippen LogP contribution in [0.4, 0.5) is 0 Å². The molecule has 5 heteroatoms. The van der Waals surface area contributed by atoms with Gasteiger partial charge in [0.05, 0.1) is 16.7 Å². The van der Waals surface area contributed by atoms with Crippen molar-refractivity contribution in [1.82, 2.24) is 15.2 Å². The van der Waals surface area contributed by atoms with Crippen molar-refractivity contribution in [1.29, 1.82) is 0 Å². The lowest BCUT2D eigenvalue weighted by molar-refractivity contribution is -0.132. The van der Waals surface area contributed by atoms with E-state index in [2.05, 4.69) is 24.1 Å². The molecule has 106 valence electrons. The Labute approximate surface area is 119 Å². The smallest absolute Gasteiger partial charge is 0.239 e. The molecular formula is C14H23N3OS. The lowest BCUT2D eigenvalue weighted by Crippen LogP contribution is -2.44. The summed E-state index contributed by atoms with van der Waals surface area (Å²) in [5.74, 6) is 0.217. The highest BCUT2D eigenvalue weighted by atomic mass is 32.1. The van der Waals surface area contributed by atoms with Gasteiger partial charge in [-0.3, -0.25) is 10.1 Å². The van der Waals surface area contributed by atoms with Gasteiger partial charge in [-0.25, -0.2) is 4.98 Å². The molecule has 2 heterocycles. The number of nitrogens with zero attached hydrogens (tertiary/aromatic N) is 2. The lowest BCUT2D eigenvalue weighted by atomic mass is 10.2. The minimum absolute atomic E-state index is 0.117.